The summed E-state index contributed by atoms with van der Waals surface area (Å²) in [6.45, 7) is 3.03. The monoisotopic (exact) mass is 328 g/mol. The largest absolute Gasteiger partial charge is 0.573 e. The normalized spacial score (nSPS) is 18.3. The highest BCUT2D eigenvalue weighted by Gasteiger charge is 2.31. The van der Waals surface area contributed by atoms with Gasteiger partial charge in [0.15, 0.2) is 0 Å². The second-order valence-electron chi connectivity index (χ2n) is 5.91. The third-order valence-corrected chi connectivity index (χ3v) is 4.31. The van der Waals surface area contributed by atoms with Gasteiger partial charge in [-0.05, 0) is 43.0 Å². The number of amides is 1. The van der Waals surface area contributed by atoms with Crippen LogP contribution in [0.1, 0.15) is 24.8 Å². The molecule has 0 aromatic heterocycles. The third-order valence-electron chi connectivity index (χ3n) is 4.31. The smallest absolute Gasteiger partial charge is 0.406 e. The molecule has 3 rings (SSSR count). The first-order valence-electron chi connectivity index (χ1n) is 7.84. The van der Waals surface area contributed by atoms with Crippen molar-refractivity contribution in [1.82, 2.24) is 4.90 Å². The fourth-order valence-corrected chi connectivity index (χ4v) is 3.26. The van der Waals surface area contributed by atoms with E-state index >= 15 is 0 Å². The molecule has 1 saturated heterocycles. The molecule has 4 nitrogen and oxygen atoms in total. The quantitative estimate of drug-likeness (QED) is 0.852. The highest BCUT2D eigenvalue weighted by Crippen LogP contribution is 2.32. The van der Waals surface area contributed by atoms with Crippen LogP contribution in [0, 0.1) is 0 Å². The Bertz CT molecular complexity index is 589. The number of anilines is 1. The number of nitrogens with zero attached hydrogens (tertiary/aromatic N) is 2. The van der Waals surface area contributed by atoms with Gasteiger partial charge in [0.05, 0.1) is 0 Å². The summed E-state index contributed by atoms with van der Waals surface area (Å²) >= 11 is 0. The molecule has 7 heteroatoms. The molecule has 2 aliphatic rings. The number of aryl methyl sites for hydroxylation is 1. The van der Waals surface area contributed by atoms with E-state index in [0.29, 0.717) is 19.5 Å². The van der Waals surface area contributed by atoms with Gasteiger partial charge in [-0.1, -0.05) is 0 Å². The average Bonchev–Trinajstić information content (AvgIpc) is 2.88. The van der Waals surface area contributed by atoms with Crippen molar-refractivity contribution in [2.24, 2.45) is 0 Å². The first kappa shape index (κ1) is 16.0. The summed E-state index contributed by atoms with van der Waals surface area (Å²) in [5, 5.41) is 0. The highest BCUT2D eigenvalue weighted by atomic mass is 19.4. The Morgan fingerprint density at radius 3 is 2.43 bits per heavy atom. The Hall–Kier alpha value is -1.92. The van der Waals surface area contributed by atoms with E-state index in [1.54, 1.807) is 6.07 Å². The van der Waals surface area contributed by atoms with Crippen molar-refractivity contribution >= 4 is 11.6 Å². The highest BCUT2D eigenvalue weighted by molar-refractivity contribution is 5.78. The molecule has 0 aliphatic carbocycles. The molecular weight excluding hydrogens is 309 g/mol. The summed E-state index contributed by atoms with van der Waals surface area (Å²) in [5.74, 6) is 0.0176. The van der Waals surface area contributed by atoms with Gasteiger partial charge in [0.25, 0.3) is 0 Å². The summed E-state index contributed by atoms with van der Waals surface area (Å²) in [7, 11) is 0. The van der Waals surface area contributed by atoms with Crippen LogP contribution >= 0.6 is 0 Å². The zero-order valence-electron chi connectivity index (χ0n) is 12.7. The van der Waals surface area contributed by atoms with Crippen LogP contribution in [-0.2, 0) is 11.2 Å². The fourth-order valence-electron chi connectivity index (χ4n) is 3.26. The van der Waals surface area contributed by atoms with Crippen LogP contribution in [0.2, 0.25) is 0 Å². The van der Waals surface area contributed by atoms with Gasteiger partial charge < -0.3 is 14.5 Å². The molecule has 0 unspecified atom stereocenters. The van der Waals surface area contributed by atoms with Crippen molar-refractivity contribution in [2.75, 3.05) is 31.1 Å². The summed E-state index contributed by atoms with van der Waals surface area (Å²) in [4.78, 5) is 15.7. The topological polar surface area (TPSA) is 32.8 Å². The number of alkyl halides is 3. The number of rotatable bonds is 4. The van der Waals surface area contributed by atoms with Gasteiger partial charge in [-0.15, -0.1) is 13.2 Å². The molecule has 0 saturated carbocycles. The maximum absolute atomic E-state index is 12.3. The van der Waals surface area contributed by atoms with Crippen molar-refractivity contribution in [3.63, 3.8) is 0 Å². The van der Waals surface area contributed by atoms with E-state index in [1.807, 2.05) is 4.90 Å². The van der Waals surface area contributed by atoms with E-state index in [-0.39, 0.29) is 11.7 Å². The number of likely N-dealkylation sites (tertiary alicyclic amines) is 1. The van der Waals surface area contributed by atoms with Crippen LogP contribution in [0.5, 0.6) is 5.75 Å². The van der Waals surface area contributed by atoms with Crippen molar-refractivity contribution in [2.45, 2.75) is 32.0 Å². The second kappa shape index (κ2) is 6.29. The summed E-state index contributed by atoms with van der Waals surface area (Å²) in [6, 6.07) is 4.50. The summed E-state index contributed by atoms with van der Waals surface area (Å²) < 4.78 is 40.9. The van der Waals surface area contributed by atoms with E-state index in [0.717, 1.165) is 43.6 Å². The predicted octanol–water partition coefficient (Wildman–Crippen LogP) is 2.96. The predicted molar refractivity (Wildman–Crippen MR) is 79.5 cm³/mol. The number of benzene rings is 1. The molecule has 0 spiro atoms. The Balaban J connectivity index is 1.68. The first-order valence-corrected chi connectivity index (χ1v) is 7.84. The summed E-state index contributed by atoms with van der Waals surface area (Å²) in [5.41, 5.74) is 1.81. The standard InChI is InChI=1S/C16H19F3N2O2/c17-16(18,19)23-13-5-6-14-12(11-13)3-1-7-20(14)9-10-21-8-2-4-15(21)22/h5-6,11H,1-4,7-10H2. The molecule has 0 bridgehead atoms. The molecule has 1 fully saturated rings. The van der Waals surface area contributed by atoms with Crippen LogP contribution in [0.25, 0.3) is 0 Å². The lowest BCUT2D eigenvalue weighted by Gasteiger charge is -2.33. The van der Waals surface area contributed by atoms with Gasteiger partial charge in [-0.2, -0.15) is 0 Å². The maximum Gasteiger partial charge on any atom is 0.573 e. The number of ether oxygens (including phenoxy) is 1. The van der Waals surface area contributed by atoms with E-state index in [4.69, 9.17) is 0 Å². The van der Waals surface area contributed by atoms with Crippen LogP contribution in [0.3, 0.4) is 0 Å². The van der Waals surface area contributed by atoms with Crippen molar-refractivity contribution < 1.29 is 22.7 Å². The van der Waals surface area contributed by atoms with Gasteiger partial charge in [0, 0.05) is 38.3 Å². The van der Waals surface area contributed by atoms with Crippen LogP contribution in [0.4, 0.5) is 18.9 Å². The van der Waals surface area contributed by atoms with E-state index in [9.17, 15) is 18.0 Å². The molecule has 0 N–H and O–H groups in total. The zero-order chi connectivity index (χ0) is 16.4. The van der Waals surface area contributed by atoms with Gasteiger partial charge in [-0.3, -0.25) is 4.79 Å². The van der Waals surface area contributed by atoms with Gasteiger partial charge in [0.2, 0.25) is 5.91 Å². The Labute approximate surface area is 132 Å². The van der Waals surface area contributed by atoms with Gasteiger partial charge in [0.1, 0.15) is 5.75 Å². The minimum atomic E-state index is -4.67. The van der Waals surface area contributed by atoms with E-state index in [2.05, 4.69) is 9.64 Å². The lowest BCUT2D eigenvalue weighted by molar-refractivity contribution is -0.274. The Morgan fingerprint density at radius 1 is 1.04 bits per heavy atom. The number of carbonyl (C=O) groups is 1. The first-order chi connectivity index (χ1) is 10.9. The van der Waals surface area contributed by atoms with Crippen molar-refractivity contribution in [1.29, 1.82) is 0 Å². The Kier molecular flexibility index (Phi) is 4.37. The van der Waals surface area contributed by atoms with Crippen molar-refractivity contribution in [3.8, 4) is 5.75 Å². The summed E-state index contributed by atoms with van der Waals surface area (Å²) in [6.07, 6.45) is -1.51. The number of hydrogen-bond acceptors (Lipinski definition) is 3. The minimum absolute atomic E-state index is 0.173. The molecule has 0 radical (unpaired) electrons. The van der Waals surface area contributed by atoms with Crippen molar-refractivity contribution in [3.05, 3.63) is 23.8 Å². The molecular formula is C16H19F3N2O2. The maximum atomic E-state index is 12.3. The molecule has 1 aromatic rings. The second-order valence-corrected chi connectivity index (χ2v) is 5.91. The van der Waals surface area contributed by atoms with Gasteiger partial charge in [-0.25, -0.2) is 0 Å². The van der Waals surface area contributed by atoms with Crippen LogP contribution < -0.4 is 9.64 Å². The van der Waals surface area contributed by atoms with Gasteiger partial charge >= 0.3 is 6.36 Å². The number of halogens is 3. The lowest BCUT2D eigenvalue weighted by atomic mass is 10.0. The Morgan fingerprint density at radius 2 is 1.74 bits per heavy atom. The molecule has 126 valence electrons. The third kappa shape index (κ3) is 3.89. The molecule has 2 aliphatic heterocycles. The SMILES string of the molecule is O=C1CCCN1CCN1CCCc2cc(OC(F)(F)F)ccc21. The number of carbonyl (C=O) groups excluding carboxylic acids is 1. The average molecular weight is 328 g/mol. The fraction of sp³-hybridized carbons (Fsp3) is 0.562. The number of hydrogen-bond donors (Lipinski definition) is 0. The van der Waals surface area contributed by atoms with Crippen LogP contribution in [-0.4, -0.2) is 43.3 Å². The zero-order valence-corrected chi connectivity index (χ0v) is 12.7. The molecule has 2 heterocycles. The van der Waals surface area contributed by atoms with Crippen LogP contribution in [0.15, 0.2) is 18.2 Å². The molecule has 0 atom stereocenters. The minimum Gasteiger partial charge on any atom is -0.406 e. The lowest BCUT2D eigenvalue weighted by Crippen LogP contribution is -2.38. The van der Waals surface area contributed by atoms with E-state index < -0.39 is 6.36 Å². The molecule has 23 heavy (non-hydrogen) atoms. The number of fused-ring (bicyclic) bond motifs is 1. The van der Waals surface area contributed by atoms with E-state index in [1.165, 1.54) is 12.1 Å². The molecule has 1 aromatic carbocycles. The molecule has 1 amide bonds.